The van der Waals surface area contributed by atoms with Gasteiger partial charge < -0.3 is 0 Å². The first-order valence-corrected chi connectivity index (χ1v) is 12.3. The lowest BCUT2D eigenvalue weighted by Gasteiger charge is -2.19. The molecule has 4 aromatic rings. The van der Waals surface area contributed by atoms with Crippen LogP contribution in [0.25, 0.3) is 11.3 Å². The molecule has 186 valence electrons. The minimum atomic E-state index is -0.261. The molecular formula is C31H30N4O2. The smallest absolute Gasteiger partial charge is 0.281 e. The third-order valence-corrected chi connectivity index (χ3v) is 6.64. The Balaban J connectivity index is 1.70. The van der Waals surface area contributed by atoms with Gasteiger partial charge in [-0.25, -0.2) is 4.68 Å². The maximum atomic E-state index is 13.9. The lowest BCUT2D eigenvalue weighted by molar-refractivity contribution is -0.114. The number of carbonyl (C=O) groups is 1. The Morgan fingerprint density at radius 1 is 0.784 bits per heavy atom. The van der Waals surface area contributed by atoms with E-state index in [0.29, 0.717) is 33.8 Å². The summed E-state index contributed by atoms with van der Waals surface area (Å²) in [6, 6.07) is 26.9. The van der Waals surface area contributed by atoms with E-state index in [1.165, 1.54) is 10.6 Å². The number of nitrogens with one attached hydrogen (secondary N) is 1. The van der Waals surface area contributed by atoms with Crippen molar-refractivity contribution in [3.63, 3.8) is 0 Å². The molecule has 1 aliphatic rings. The van der Waals surface area contributed by atoms with Crippen LogP contribution in [0, 0.1) is 6.92 Å². The Morgan fingerprint density at radius 3 is 1.97 bits per heavy atom. The number of carbonyl (C=O) groups excluding carboxylic acids is 1. The van der Waals surface area contributed by atoms with Crippen LogP contribution < -0.4 is 10.6 Å². The molecule has 0 atom stereocenters. The zero-order valence-electron chi connectivity index (χ0n) is 21.7. The highest BCUT2D eigenvalue weighted by Gasteiger charge is 2.34. The summed E-state index contributed by atoms with van der Waals surface area (Å²) >= 11 is 0. The fraction of sp³-hybridized carbons (Fsp3) is 0.194. The highest BCUT2D eigenvalue weighted by molar-refractivity contribution is 6.34. The van der Waals surface area contributed by atoms with Crippen LogP contribution in [0.15, 0.2) is 100 Å². The summed E-state index contributed by atoms with van der Waals surface area (Å²) in [4.78, 5) is 27.7. The number of amides is 1. The van der Waals surface area contributed by atoms with E-state index in [0.717, 1.165) is 11.3 Å². The average molecular weight is 491 g/mol. The van der Waals surface area contributed by atoms with Gasteiger partial charge >= 0.3 is 0 Å². The van der Waals surface area contributed by atoms with Crippen molar-refractivity contribution in [3.05, 3.63) is 123 Å². The van der Waals surface area contributed by atoms with Crippen LogP contribution in [0.3, 0.4) is 0 Å². The molecule has 0 bridgehead atoms. The van der Waals surface area contributed by atoms with E-state index in [9.17, 15) is 9.59 Å². The third kappa shape index (κ3) is 4.35. The van der Waals surface area contributed by atoms with Gasteiger partial charge in [0.25, 0.3) is 11.5 Å². The van der Waals surface area contributed by atoms with Gasteiger partial charge in [-0.1, -0.05) is 81.4 Å². The Morgan fingerprint density at radius 2 is 1.38 bits per heavy atom. The first-order chi connectivity index (χ1) is 17.7. The van der Waals surface area contributed by atoms with E-state index in [2.05, 4.69) is 31.0 Å². The minimum absolute atomic E-state index is 0.00945. The molecule has 1 amide bonds. The van der Waals surface area contributed by atoms with Crippen molar-refractivity contribution >= 4 is 22.9 Å². The zero-order chi connectivity index (χ0) is 26.3. The van der Waals surface area contributed by atoms with Gasteiger partial charge in [0.2, 0.25) is 0 Å². The molecule has 0 aliphatic carbocycles. The predicted octanol–water partition coefficient (Wildman–Crippen LogP) is 6.00. The molecule has 1 N–H and O–H groups in total. The molecule has 0 saturated carbocycles. The summed E-state index contributed by atoms with van der Waals surface area (Å²) in [6.45, 7) is 10.1. The zero-order valence-corrected chi connectivity index (χ0v) is 21.7. The average Bonchev–Trinajstić information content (AvgIpc) is 3.35. The predicted molar refractivity (Wildman–Crippen MR) is 149 cm³/mol. The Hall–Kier alpha value is -4.45. The van der Waals surface area contributed by atoms with Crippen LogP contribution in [0.4, 0.5) is 5.69 Å². The van der Waals surface area contributed by atoms with Gasteiger partial charge in [-0.15, -0.1) is 0 Å². The molecule has 0 radical (unpaired) electrons. The highest BCUT2D eigenvalue weighted by atomic mass is 16.2. The van der Waals surface area contributed by atoms with Gasteiger partial charge in [0.05, 0.1) is 28.2 Å². The largest absolute Gasteiger partial charge is 0.295 e. The number of benzene rings is 3. The highest BCUT2D eigenvalue weighted by Crippen LogP contribution is 2.33. The molecule has 3 aromatic carbocycles. The van der Waals surface area contributed by atoms with E-state index in [-0.39, 0.29) is 16.9 Å². The first kappa shape index (κ1) is 24.3. The molecule has 6 nitrogen and oxygen atoms in total. The molecule has 37 heavy (non-hydrogen) atoms. The topological polar surface area (TPSA) is 70.5 Å². The summed E-state index contributed by atoms with van der Waals surface area (Å²) in [7, 11) is 0. The van der Waals surface area contributed by atoms with Gasteiger partial charge in [0.1, 0.15) is 0 Å². The molecule has 1 aromatic heterocycles. The fourth-order valence-electron chi connectivity index (χ4n) is 4.69. The number of H-pyrrole nitrogens is 1. The summed E-state index contributed by atoms with van der Waals surface area (Å²) in [5.74, 6) is -0.261. The SMILES string of the molecule is CC1=NN(c2ccccc2)C(=O)/C1=C(\c1ccccc1)c1c(C)[nH]n(-c2ccc(C(C)(C)C)cc2)c1=O. The van der Waals surface area contributed by atoms with Gasteiger partial charge in [-0.05, 0) is 54.7 Å². The second kappa shape index (κ2) is 9.21. The summed E-state index contributed by atoms with van der Waals surface area (Å²) in [5.41, 5.74) is 5.87. The number of nitrogens with zero attached hydrogens (tertiary/aromatic N) is 3. The summed E-state index contributed by atoms with van der Waals surface area (Å²) in [5, 5.41) is 9.21. The molecule has 5 rings (SSSR count). The van der Waals surface area contributed by atoms with Gasteiger partial charge in [0, 0.05) is 11.3 Å². The molecule has 2 heterocycles. The summed E-state index contributed by atoms with van der Waals surface area (Å²) in [6.07, 6.45) is 0. The monoisotopic (exact) mass is 490 g/mol. The quantitative estimate of drug-likeness (QED) is 0.357. The van der Waals surface area contributed by atoms with E-state index < -0.39 is 0 Å². The number of para-hydroxylation sites is 1. The number of hydrogen-bond donors (Lipinski definition) is 1. The van der Waals surface area contributed by atoms with Crippen molar-refractivity contribution < 1.29 is 4.79 Å². The number of rotatable bonds is 4. The molecule has 0 saturated heterocycles. The summed E-state index contributed by atoms with van der Waals surface area (Å²) < 4.78 is 1.54. The van der Waals surface area contributed by atoms with Crippen LogP contribution in [0.5, 0.6) is 0 Å². The van der Waals surface area contributed by atoms with Crippen molar-refractivity contribution in [1.29, 1.82) is 0 Å². The number of hydrazone groups is 1. The van der Waals surface area contributed by atoms with E-state index >= 15 is 0 Å². The second-order valence-corrected chi connectivity index (χ2v) is 10.3. The number of anilines is 1. The lowest BCUT2D eigenvalue weighted by Crippen LogP contribution is -2.24. The third-order valence-electron chi connectivity index (χ3n) is 6.64. The molecule has 0 spiro atoms. The molecular weight excluding hydrogens is 460 g/mol. The van der Waals surface area contributed by atoms with Crippen molar-refractivity contribution in [2.75, 3.05) is 5.01 Å². The Labute approximate surface area is 216 Å². The maximum Gasteiger partial charge on any atom is 0.281 e. The molecule has 6 heteroatoms. The first-order valence-electron chi connectivity index (χ1n) is 12.3. The fourth-order valence-corrected chi connectivity index (χ4v) is 4.69. The maximum absolute atomic E-state index is 13.9. The minimum Gasteiger partial charge on any atom is -0.295 e. The Bertz CT molecular complexity index is 1580. The molecule has 0 fully saturated rings. The van der Waals surface area contributed by atoms with Crippen molar-refractivity contribution in [2.45, 2.75) is 40.0 Å². The number of hydrogen-bond acceptors (Lipinski definition) is 3. The second-order valence-electron chi connectivity index (χ2n) is 10.3. The number of aromatic amines is 1. The van der Waals surface area contributed by atoms with Gasteiger partial charge in [-0.2, -0.15) is 10.1 Å². The van der Waals surface area contributed by atoms with E-state index in [4.69, 9.17) is 0 Å². The van der Waals surface area contributed by atoms with E-state index in [1.807, 2.05) is 98.8 Å². The van der Waals surface area contributed by atoms with Crippen molar-refractivity contribution in [3.8, 4) is 5.69 Å². The molecule has 0 unspecified atom stereocenters. The van der Waals surface area contributed by atoms with Crippen molar-refractivity contribution in [2.24, 2.45) is 5.10 Å². The van der Waals surface area contributed by atoms with Crippen LogP contribution in [-0.4, -0.2) is 21.4 Å². The van der Waals surface area contributed by atoms with Crippen LogP contribution in [0.1, 0.15) is 50.1 Å². The lowest BCUT2D eigenvalue weighted by atomic mass is 9.87. The van der Waals surface area contributed by atoms with E-state index in [1.54, 1.807) is 4.68 Å². The van der Waals surface area contributed by atoms with Crippen LogP contribution >= 0.6 is 0 Å². The number of aryl methyl sites for hydroxylation is 1. The number of aromatic nitrogens is 2. The van der Waals surface area contributed by atoms with Crippen LogP contribution in [-0.2, 0) is 10.2 Å². The van der Waals surface area contributed by atoms with Crippen molar-refractivity contribution in [1.82, 2.24) is 9.78 Å². The van der Waals surface area contributed by atoms with Gasteiger partial charge in [0.15, 0.2) is 0 Å². The van der Waals surface area contributed by atoms with Gasteiger partial charge in [-0.3, -0.25) is 14.7 Å². The normalized spacial score (nSPS) is 15.2. The molecule has 1 aliphatic heterocycles. The van der Waals surface area contributed by atoms with Crippen LogP contribution in [0.2, 0.25) is 0 Å². The Kier molecular flexibility index (Phi) is 6.04. The standard InChI is InChI=1S/C31H30N4O2/c1-20-26(29(36)34(32-20)24-14-10-7-11-15-24)28(22-12-8-6-9-13-22)27-21(2)33-35(30(27)37)25-18-16-23(17-19-25)31(3,4)5/h6-19,33H,1-5H3/b28-26+.